The first-order valence-corrected chi connectivity index (χ1v) is 8.01. The topological polar surface area (TPSA) is 87.3 Å². The minimum atomic E-state index is -0.958. The number of aryl methyl sites for hydroxylation is 1. The van der Waals surface area contributed by atoms with Crippen molar-refractivity contribution in [2.24, 2.45) is 0 Å². The lowest BCUT2D eigenvalue weighted by Crippen LogP contribution is -2.46. The van der Waals surface area contributed by atoms with Gasteiger partial charge in [0.25, 0.3) is 5.91 Å². The van der Waals surface area contributed by atoms with Gasteiger partial charge in [-0.25, -0.2) is 0 Å². The van der Waals surface area contributed by atoms with Gasteiger partial charge in [0.15, 0.2) is 0 Å². The van der Waals surface area contributed by atoms with Crippen LogP contribution in [0.4, 0.5) is 5.69 Å². The van der Waals surface area contributed by atoms with E-state index in [4.69, 9.17) is 0 Å². The van der Waals surface area contributed by atoms with Crippen LogP contribution in [-0.4, -0.2) is 17.7 Å². The fraction of sp³-hybridized carbons (Fsp3) is 0.0500. The zero-order valence-electron chi connectivity index (χ0n) is 14.1. The predicted octanol–water partition coefficient (Wildman–Crippen LogP) is 2.55. The molecule has 0 aliphatic heterocycles. The number of hydrogen-bond acceptors (Lipinski definition) is 3. The van der Waals surface area contributed by atoms with Gasteiger partial charge >= 0.3 is 11.8 Å². The summed E-state index contributed by atoms with van der Waals surface area (Å²) in [6, 6.07) is 19.8. The molecule has 0 radical (unpaired) electrons. The van der Waals surface area contributed by atoms with Crippen LogP contribution in [0.2, 0.25) is 0 Å². The molecule has 3 aromatic carbocycles. The van der Waals surface area contributed by atoms with Gasteiger partial charge in [-0.1, -0.05) is 54.6 Å². The second-order valence-corrected chi connectivity index (χ2v) is 5.70. The summed E-state index contributed by atoms with van der Waals surface area (Å²) in [5.41, 5.74) is 6.07. The predicted molar refractivity (Wildman–Crippen MR) is 99.4 cm³/mol. The minimum Gasteiger partial charge on any atom is -0.317 e. The van der Waals surface area contributed by atoms with Gasteiger partial charge in [0.2, 0.25) is 0 Å². The molecule has 3 N–H and O–H groups in total. The van der Waals surface area contributed by atoms with Crippen LogP contribution < -0.4 is 16.2 Å². The minimum absolute atomic E-state index is 0.419. The highest BCUT2D eigenvalue weighted by Gasteiger charge is 2.16. The monoisotopic (exact) mass is 347 g/mol. The zero-order valence-corrected chi connectivity index (χ0v) is 14.1. The molecule has 26 heavy (non-hydrogen) atoms. The summed E-state index contributed by atoms with van der Waals surface area (Å²) >= 11 is 0. The Morgan fingerprint density at radius 1 is 0.731 bits per heavy atom. The first-order valence-electron chi connectivity index (χ1n) is 8.01. The van der Waals surface area contributed by atoms with Gasteiger partial charge in [0.05, 0.1) is 0 Å². The highest BCUT2D eigenvalue weighted by molar-refractivity contribution is 6.40. The zero-order chi connectivity index (χ0) is 18.5. The van der Waals surface area contributed by atoms with E-state index in [0.717, 1.165) is 16.3 Å². The third kappa shape index (κ3) is 3.70. The number of benzene rings is 3. The molecular weight excluding hydrogens is 330 g/mol. The maximum atomic E-state index is 12.1. The Hall–Kier alpha value is -3.67. The highest BCUT2D eigenvalue weighted by Crippen LogP contribution is 2.22. The molecule has 0 aliphatic rings. The number of carbonyl (C=O) groups excluding carboxylic acids is 3. The number of hydrazine groups is 1. The van der Waals surface area contributed by atoms with Crippen LogP contribution >= 0.6 is 0 Å². The molecule has 0 saturated carbocycles. The number of amides is 3. The second kappa shape index (κ2) is 7.48. The van der Waals surface area contributed by atoms with Gasteiger partial charge in [0, 0.05) is 16.6 Å². The molecule has 6 nitrogen and oxygen atoms in total. The van der Waals surface area contributed by atoms with Crippen LogP contribution in [0.15, 0.2) is 66.7 Å². The largest absolute Gasteiger partial charge is 0.328 e. The van der Waals surface area contributed by atoms with Crippen molar-refractivity contribution < 1.29 is 14.4 Å². The van der Waals surface area contributed by atoms with Gasteiger partial charge in [0.1, 0.15) is 0 Å². The molecule has 0 heterocycles. The average molecular weight is 347 g/mol. The van der Waals surface area contributed by atoms with Crippen molar-refractivity contribution in [2.75, 3.05) is 5.32 Å². The van der Waals surface area contributed by atoms with E-state index in [9.17, 15) is 14.4 Å². The standard InChI is InChI=1S/C20H17N3O3/c1-13-7-2-4-10-15(13)18(24)22-23-20(26)19(25)21-17-12-6-9-14-8-3-5-11-16(14)17/h2-12H,1H3,(H,21,25)(H,22,24)(H,23,26). The van der Waals surface area contributed by atoms with Crippen LogP contribution in [-0.2, 0) is 9.59 Å². The van der Waals surface area contributed by atoms with E-state index >= 15 is 0 Å². The Labute approximate surface area is 150 Å². The summed E-state index contributed by atoms with van der Waals surface area (Å²) in [5.74, 6) is -2.32. The maximum Gasteiger partial charge on any atom is 0.328 e. The van der Waals surface area contributed by atoms with E-state index in [-0.39, 0.29) is 0 Å². The molecule has 0 saturated heterocycles. The number of fused-ring (bicyclic) bond motifs is 1. The fourth-order valence-electron chi connectivity index (χ4n) is 2.58. The molecule has 0 unspecified atom stereocenters. The fourth-order valence-corrected chi connectivity index (χ4v) is 2.58. The second-order valence-electron chi connectivity index (χ2n) is 5.70. The molecule has 6 heteroatoms. The Morgan fingerprint density at radius 2 is 1.42 bits per heavy atom. The van der Waals surface area contributed by atoms with Crippen molar-refractivity contribution in [3.05, 3.63) is 77.9 Å². The molecule has 3 amide bonds. The van der Waals surface area contributed by atoms with E-state index in [0.29, 0.717) is 11.3 Å². The highest BCUT2D eigenvalue weighted by atomic mass is 16.2. The lowest BCUT2D eigenvalue weighted by Gasteiger charge is -2.10. The SMILES string of the molecule is Cc1ccccc1C(=O)NNC(=O)C(=O)Nc1cccc2ccccc12. The summed E-state index contributed by atoms with van der Waals surface area (Å²) in [7, 11) is 0. The summed E-state index contributed by atoms with van der Waals surface area (Å²) < 4.78 is 0. The Bertz CT molecular complexity index is 993. The van der Waals surface area contributed by atoms with Gasteiger partial charge in [-0.3, -0.25) is 25.2 Å². The third-order valence-corrected chi connectivity index (χ3v) is 3.92. The molecule has 0 aromatic heterocycles. The Kier molecular flexibility index (Phi) is 4.94. The molecule has 3 rings (SSSR count). The van der Waals surface area contributed by atoms with E-state index in [1.165, 1.54) is 0 Å². The number of carbonyl (C=O) groups is 3. The van der Waals surface area contributed by atoms with E-state index in [1.54, 1.807) is 37.3 Å². The van der Waals surface area contributed by atoms with Crippen molar-refractivity contribution in [3.63, 3.8) is 0 Å². The average Bonchev–Trinajstić information content (AvgIpc) is 2.66. The van der Waals surface area contributed by atoms with Crippen molar-refractivity contribution in [2.45, 2.75) is 6.92 Å². The van der Waals surface area contributed by atoms with Crippen molar-refractivity contribution in [3.8, 4) is 0 Å². The molecule has 130 valence electrons. The Morgan fingerprint density at radius 3 is 2.23 bits per heavy atom. The van der Waals surface area contributed by atoms with Crippen LogP contribution in [0.5, 0.6) is 0 Å². The lowest BCUT2D eigenvalue weighted by molar-refractivity contribution is -0.136. The first-order chi connectivity index (χ1) is 12.6. The smallest absolute Gasteiger partial charge is 0.317 e. The number of anilines is 1. The van der Waals surface area contributed by atoms with Crippen molar-refractivity contribution in [1.29, 1.82) is 0 Å². The molecule has 0 fully saturated rings. The quantitative estimate of drug-likeness (QED) is 0.492. The van der Waals surface area contributed by atoms with Gasteiger partial charge in [-0.15, -0.1) is 0 Å². The van der Waals surface area contributed by atoms with Crippen molar-refractivity contribution >= 4 is 34.2 Å². The molecule has 0 atom stereocenters. The Balaban J connectivity index is 1.64. The van der Waals surface area contributed by atoms with Gasteiger partial charge in [-0.2, -0.15) is 0 Å². The summed E-state index contributed by atoms with van der Waals surface area (Å²) in [4.78, 5) is 36.1. The van der Waals surface area contributed by atoms with Crippen molar-refractivity contribution in [1.82, 2.24) is 10.9 Å². The van der Waals surface area contributed by atoms with Crippen LogP contribution in [0.25, 0.3) is 10.8 Å². The van der Waals surface area contributed by atoms with E-state index in [2.05, 4.69) is 16.2 Å². The van der Waals surface area contributed by atoms with Crippen LogP contribution in [0.1, 0.15) is 15.9 Å². The molecule has 0 spiro atoms. The molecule has 3 aromatic rings. The normalized spacial score (nSPS) is 10.2. The van der Waals surface area contributed by atoms with Crippen LogP contribution in [0.3, 0.4) is 0 Å². The summed E-state index contributed by atoms with van der Waals surface area (Å²) in [6.45, 7) is 1.78. The number of nitrogens with one attached hydrogen (secondary N) is 3. The third-order valence-electron chi connectivity index (χ3n) is 3.92. The molecule has 0 aliphatic carbocycles. The summed E-state index contributed by atoms with van der Waals surface area (Å²) in [5, 5.41) is 4.32. The molecule has 0 bridgehead atoms. The maximum absolute atomic E-state index is 12.1. The first kappa shape index (κ1) is 17.2. The number of rotatable bonds is 2. The van der Waals surface area contributed by atoms with E-state index < -0.39 is 17.7 Å². The summed E-state index contributed by atoms with van der Waals surface area (Å²) in [6.07, 6.45) is 0. The van der Waals surface area contributed by atoms with Crippen LogP contribution in [0, 0.1) is 6.92 Å². The van der Waals surface area contributed by atoms with Gasteiger partial charge < -0.3 is 5.32 Å². The van der Waals surface area contributed by atoms with E-state index in [1.807, 2.05) is 36.4 Å². The van der Waals surface area contributed by atoms with Gasteiger partial charge in [-0.05, 0) is 30.0 Å². The lowest BCUT2D eigenvalue weighted by atomic mass is 10.1. The number of hydrogen-bond donors (Lipinski definition) is 3. The molecular formula is C20H17N3O3.